The van der Waals surface area contributed by atoms with Crippen molar-refractivity contribution in [1.29, 1.82) is 0 Å². The third kappa shape index (κ3) is 3.06. The number of nitrogens with one attached hydrogen (secondary N) is 1. The van der Waals surface area contributed by atoms with E-state index in [1.165, 1.54) is 0 Å². The van der Waals surface area contributed by atoms with Gasteiger partial charge in [-0.2, -0.15) is 0 Å². The first-order valence-corrected chi connectivity index (χ1v) is 8.56. The number of hydrogen-bond acceptors (Lipinski definition) is 5. The van der Waals surface area contributed by atoms with Gasteiger partial charge in [-0.15, -0.1) is 0 Å². The molecule has 0 unspecified atom stereocenters. The van der Waals surface area contributed by atoms with Gasteiger partial charge in [0, 0.05) is 37.2 Å². The molecule has 0 fully saturated rings. The zero-order valence-corrected chi connectivity index (χ0v) is 15.1. The molecule has 0 amide bonds. The first kappa shape index (κ1) is 17.2. The minimum absolute atomic E-state index is 0.244. The minimum atomic E-state index is -0.951. The Morgan fingerprint density at radius 2 is 2.00 bits per heavy atom. The Labute approximate surface area is 156 Å². The summed E-state index contributed by atoms with van der Waals surface area (Å²) in [5.74, 6) is 1.22. The molecule has 0 atom stereocenters. The molecule has 3 aromatic rings. The van der Waals surface area contributed by atoms with Gasteiger partial charge in [0.05, 0.1) is 12.6 Å². The van der Waals surface area contributed by atoms with Crippen molar-refractivity contribution in [2.75, 3.05) is 13.9 Å². The average Bonchev–Trinajstić information content (AvgIpc) is 3.24. The molecule has 7 heteroatoms. The molecule has 2 N–H and O–H groups in total. The van der Waals surface area contributed by atoms with E-state index in [1.807, 2.05) is 36.4 Å². The van der Waals surface area contributed by atoms with Gasteiger partial charge in [-0.3, -0.25) is 0 Å². The molecular weight excluding hydrogens is 348 g/mol. The lowest BCUT2D eigenvalue weighted by Gasteiger charge is -2.07. The van der Waals surface area contributed by atoms with E-state index in [2.05, 4.69) is 5.32 Å². The van der Waals surface area contributed by atoms with Gasteiger partial charge >= 0.3 is 5.97 Å². The van der Waals surface area contributed by atoms with Crippen LogP contribution in [-0.2, 0) is 20.1 Å². The summed E-state index contributed by atoms with van der Waals surface area (Å²) in [6, 6.07) is 11.4. The fourth-order valence-corrected chi connectivity index (χ4v) is 3.46. The zero-order valence-electron chi connectivity index (χ0n) is 15.1. The van der Waals surface area contributed by atoms with E-state index in [4.69, 9.17) is 14.2 Å². The number of aromatic nitrogens is 1. The van der Waals surface area contributed by atoms with Crippen LogP contribution in [-0.4, -0.2) is 29.5 Å². The van der Waals surface area contributed by atoms with Crippen molar-refractivity contribution in [3.63, 3.8) is 0 Å². The van der Waals surface area contributed by atoms with Crippen LogP contribution >= 0.6 is 0 Å². The predicted octanol–water partition coefficient (Wildman–Crippen LogP) is 2.90. The van der Waals surface area contributed by atoms with E-state index in [9.17, 15) is 9.90 Å². The number of carboxylic acid groups (broad SMARTS) is 1. The molecular formula is C20H20N2O5. The van der Waals surface area contributed by atoms with Gasteiger partial charge in [-0.1, -0.05) is 6.07 Å². The summed E-state index contributed by atoms with van der Waals surface area (Å²) < 4.78 is 17.7. The lowest BCUT2D eigenvalue weighted by atomic mass is 10.1. The van der Waals surface area contributed by atoms with Crippen molar-refractivity contribution >= 4 is 16.9 Å². The first-order chi connectivity index (χ1) is 13.1. The van der Waals surface area contributed by atoms with Crippen molar-refractivity contribution in [2.45, 2.75) is 13.1 Å². The lowest BCUT2D eigenvalue weighted by Crippen LogP contribution is -2.16. The minimum Gasteiger partial charge on any atom is -0.497 e. The fraction of sp³-hybridized carbons (Fsp3) is 0.250. The maximum absolute atomic E-state index is 11.8. The van der Waals surface area contributed by atoms with Crippen LogP contribution < -0.4 is 19.5 Å². The van der Waals surface area contributed by atoms with Crippen LogP contribution in [0.2, 0.25) is 0 Å². The van der Waals surface area contributed by atoms with Gasteiger partial charge in [0.1, 0.15) is 11.4 Å². The number of aromatic carboxylic acids is 1. The van der Waals surface area contributed by atoms with Crippen LogP contribution in [0.3, 0.4) is 0 Å². The van der Waals surface area contributed by atoms with Crippen LogP contribution in [0.1, 0.15) is 21.6 Å². The van der Waals surface area contributed by atoms with E-state index in [-0.39, 0.29) is 12.5 Å². The molecule has 140 valence electrons. The van der Waals surface area contributed by atoms with Crippen LogP contribution in [0.5, 0.6) is 17.2 Å². The topological polar surface area (TPSA) is 81.9 Å². The number of hydrogen-bond donors (Lipinski definition) is 2. The van der Waals surface area contributed by atoms with E-state index < -0.39 is 5.97 Å². The van der Waals surface area contributed by atoms with Gasteiger partial charge in [0.2, 0.25) is 6.79 Å². The molecule has 2 heterocycles. The molecule has 1 aromatic heterocycles. The number of fused-ring (bicyclic) bond motifs is 2. The summed E-state index contributed by atoms with van der Waals surface area (Å²) in [5.41, 5.74) is 2.89. The third-order valence-electron chi connectivity index (χ3n) is 4.78. The van der Waals surface area contributed by atoms with Gasteiger partial charge in [0.25, 0.3) is 0 Å². The monoisotopic (exact) mass is 368 g/mol. The maximum atomic E-state index is 11.8. The molecule has 0 bridgehead atoms. The number of carbonyl (C=O) groups is 1. The van der Waals surface area contributed by atoms with Gasteiger partial charge in [0.15, 0.2) is 11.5 Å². The molecule has 1 aliphatic heterocycles. The molecule has 7 nitrogen and oxygen atoms in total. The van der Waals surface area contributed by atoms with E-state index in [1.54, 1.807) is 18.7 Å². The lowest BCUT2D eigenvalue weighted by molar-refractivity contribution is 0.0685. The molecule has 0 radical (unpaired) electrons. The summed E-state index contributed by atoms with van der Waals surface area (Å²) >= 11 is 0. The zero-order chi connectivity index (χ0) is 19.0. The number of rotatable bonds is 6. The maximum Gasteiger partial charge on any atom is 0.352 e. The summed E-state index contributed by atoms with van der Waals surface area (Å²) in [4.78, 5) is 11.8. The smallest absolute Gasteiger partial charge is 0.352 e. The van der Waals surface area contributed by atoms with E-state index in [0.717, 1.165) is 33.5 Å². The number of carboxylic acids is 1. The quantitative estimate of drug-likeness (QED) is 0.696. The van der Waals surface area contributed by atoms with Crippen molar-refractivity contribution in [3.8, 4) is 17.2 Å². The number of aryl methyl sites for hydroxylation is 1. The van der Waals surface area contributed by atoms with Crippen molar-refractivity contribution in [1.82, 2.24) is 9.88 Å². The van der Waals surface area contributed by atoms with Crippen molar-refractivity contribution in [3.05, 3.63) is 53.2 Å². The van der Waals surface area contributed by atoms with Gasteiger partial charge in [-0.05, 0) is 29.8 Å². The highest BCUT2D eigenvalue weighted by molar-refractivity contribution is 5.98. The summed E-state index contributed by atoms with van der Waals surface area (Å²) in [6.45, 7) is 1.26. The molecule has 27 heavy (non-hydrogen) atoms. The number of methoxy groups -OCH3 is 1. The van der Waals surface area contributed by atoms with Gasteiger partial charge in [-0.25, -0.2) is 4.79 Å². The van der Waals surface area contributed by atoms with Gasteiger partial charge < -0.3 is 29.2 Å². The molecule has 0 saturated carbocycles. The Kier molecular flexibility index (Phi) is 4.37. The van der Waals surface area contributed by atoms with Crippen LogP contribution in [0.4, 0.5) is 0 Å². The highest BCUT2D eigenvalue weighted by Gasteiger charge is 2.21. The highest BCUT2D eigenvalue weighted by atomic mass is 16.7. The summed E-state index contributed by atoms with van der Waals surface area (Å²) in [5, 5.41) is 13.9. The molecule has 0 spiro atoms. The van der Waals surface area contributed by atoms with Crippen molar-refractivity contribution in [2.24, 2.45) is 7.05 Å². The second-order valence-corrected chi connectivity index (χ2v) is 6.37. The van der Waals surface area contributed by atoms with E-state index >= 15 is 0 Å². The first-order valence-electron chi connectivity index (χ1n) is 8.56. The number of benzene rings is 2. The molecule has 0 aliphatic carbocycles. The highest BCUT2D eigenvalue weighted by Crippen LogP contribution is 2.33. The summed E-state index contributed by atoms with van der Waals surface area (Å²) in [6.07, 6.45) is 0. The number of ether oxygens (including phenoxy) is 3. The molecule has 2 aromatic carbocycles. The molecule has 4 rings (SSSR count). The summed E-state index contributed by atoms with van der Waals surface area (Å²) in [7, 11) is 3.35. The Bertz CT molecular complexity index is 1020. The normalized spacial score (nSPS) is 12.5. The average molecular weight is 368 g/mol. The van der Waals surface area contributed by atoms with Crippen molar-refractivity contribution < 1.29 is 24.1 Å². The third-order valence-corrected chi connectivity index (χ3v) is 4.78. The van der Waals surface area contributed by atoms with Crippen LogP contribution in [0, 0.1) is 0 Å². The number of nitrogens with zero attached hydrogens (tertiary/aromatic N) is 1. The molecule has 0 saturated heterocycles. The van der Waals surface area contributed by atoms with E-state index in [0.29, 0.717) is 18.8 Å². The standard InChI is InChI=1S/C20H20N2O5/c1-22-16-8-13(25-2)4-5-14(16)15(19(22)20(23)24)10-21-9-12-3-6-17-18(7-12)27-11-26-17/h3-8,21H,9-11H2,1-2H3,(H,23,24). The second-order valence-electron chi connectivity index (χ2n) is 6.37. The largest absolute Gasteiger partial charge is 0.497 e. The Hall–Kier alpha value is -3.19. The van der Waals surface area contributed by atoms with Crippen LogP contribution in [0.25, 0.3) is 10.9 Å². The SMILES string of the molecule is COc1ccc2c(CNCc3ccc4c(c3)OCO4)c(C(=O)O)n(C)c2c1. The predicted molar refractivity (Wildman–Crippen MR) is 99.5 cm³/mol. The Balaban J connectivity index is 1.59. The van der Waals surface area contributed by atoms with Crippen LogP contribution in [0.15, 0.2) is 36.4 Å². The molecule has 1 aliphatic rings. The fourth-order valence-electron chi connectivity index (χ4n) is 3.46. The Morgan fingerprint density at radius 1 is 1.19 bits per heavy atom. The Morgan fingerprint density at radius 3 is 2.78 bits per heavy atom. The second kappa shape index (κ2) is 6.85.